The van der Waals surface area contributed by atoms with Crippen molar-refractivity contribution in [1.29, 1.82) is 0 Å². The van der Waals surface area contributed by atoms with Gasteiger partial charge in [-0.25, -0.2) is 22.5 Å². The van der Waals surface area contributed by atoms with Gasteiger partial charge in [-0.3, -0.25) is 0 Å². The van der Waals surface area contributed by atoms with Crippen molar-refractivity contribution in [2.45, 2.75) is 16.5 Å². The van der Waals surface area contributed by atoms with Crippen LogP contribution in [0.3, 0.4) is 0 Å². The highest BCUT2D eigenvalue weighted by Crippen LogP contribution is 2.25. The molecule has 0 atom stereocenters. The lowest BCUT2D eigenvalue weighted by molar-refractivity contribution is 0.554. The first-order valence-corrected chi connectivity index (χ1v) is 8.77. The van der Waals surface area contributed by atoms with Crippen LogP contribution in [0.1, 0.15) is 5.69 Å². The summed E-state index contributed by atoms with van der Waals surface area (Å²) in [6.07, 6.45) is 1.25. The molecule has 0 aliphatic heterocycles. The number of hydrogen-bond donors (Lipinski definition) is 1. The van der Waals surface area contributed by atoms with Gasteiger partial charge in [-0.2, -0.15) is 9.49 Å². The van der Waals surface area contributed by atoms with Crippen LogP contribution in [-0.2, 0) is 16.4 Å². The number of aromatic nitrogens is 3. The number of nitrogens with one attached hydrogen (secondary N) is 1. The summed E-state index contributed by atoms with van der Waals surface area (Å²) < 4.78 is 54.0. The fourth-order valence-corrected chi connectivity index (χ4v) is 3.71. The Kier molecular flexibility index (Phi) is 4.60. The van der Waals surface area contributed by atoms with Crippen LogP contribution >= 0.6 is 0 Å². The largest absolute Gasteiger partial charge is 0.314 e. The number of nitrogens with zero attached hydrogens (tertiary/aromatic N) is 3. The zero-order valence-electron chi connectivity index (χ0n) is 13.1. The Hall–Kier alpha value is -2.65. The molecule has 6 nitrogen and oxygen atoms in total. The molecule has 3 aromatic rings. The molecule has 1 aromatic carbocycles. The Labute approximate surface area is 143 Å². The minimum atomic E-state index is -4.04. The molecule has 9 heteroatoms. The predicted molar refractivity (Wildman–Crippen MR) is 85.9 cm³/mol. The van der Waals surface area contributed by atoms with Gasteiger partial charge in [-0.15, -0.1) is 0 Å². The van der Waals surface area contributed by atoms with Crippen molar-refractivity contribution in [3.8, 4) is 5.69 Å². The van der Waals surface area contributed by atoms with Gasteiger partial charge < -0.3 is 5.32 Å². The van der Waals surface area contributed by atoms with Gasteiger partial charge >= 0.3 is 0 Å². The molecule has 0 radical (unpaired) electrons. The van der Waals surface area contributed by atoms with Crippen molar-refractivity contribution >= 4 is 9.84 Å². The summed E-state index contributed by atoms with van der Waals surface area (Å²) in [4.78, 5) is 3.42. The van der Waals surface area contributed by atoms with E-state index in [9.17, 15) is 17.2 Å². The molecule has 0 fully saturated rings. The second-order valence-corrected chi connectivity index (χ2v) is 7.08. The van der Waals surface area contributed by atoms with Crippen molar-refractivity contribution < 1.29 is 17.2 Å². The van der Waals surface area contributed by atoms with E-state index in [0.717, 1.165) is 28.9 Å². The molecule has 3 rings (SSSR count). The lowest BCUT2D eigenvalue weighted by atomic mass is 10.4. The van der Waals surface area contributed by atoms with Crippen molar-refractivity contribution in [3.63, 3.8) is 0 Å². The fraction of sp³-hybridized carbons (Fsp3) is 0.125. The molecule has 2 heterocycles. The molecule has 130 valence electrons. The van der Waals surface area contributed by atoms with E-state index in [1.165, 1.54) is 24.4 Å². The van der Waals surface area contributed by atoms with Crippen LogP contribution in [0.2, 0.25) is 0 Å². The Morgan fingerprint density at radius 1 is 1.16 bits per heavy atom. The SMILES string of the molecule is CNCc1cc(S(=O)(=O)c2ccc(F)cc2)n(-c2cccnc2F)n1. The van der Waals surface area contributed by atoms with Crippen LogP contribution in [0.15, 0.2) is 58.6 Å². The third-order valence-corrected chi connectivity index (χ3v) is 5.19. The molecule has 1 N–H and O–H groups in total. The van der Waals surface area contributed by atoms with Crippen molar-refractivity contribution in [2.24, 2.45) is 0 Å². The maximum Gasteiger partial charge on any atom is 0.238 e. The summed E-state index contributed by atoms with van der Waals surface area (Å²) in [7, 11) is -2.36. The summed E-state index contributed by atoms with van der Waals surface area (Å²) in [5.74, 6) is -1.40. The molecular weight excluding hydrogens is 350 g/mol. The number of halogens is 2. The molecule has 25 heavy (non-hydrogen) atoms. The van der Waals surface area contributed by atoms with E-state index < -0.39 is 21.6 Å². The van der Waals surface area contributed by atoms with E-state index in [1.54, 1.807) is 7.05 Å². The summed E-state index contributed by atoms with van der Waals surface area (Å²) in [5.41, 5.74) is 0.317. The number of sulfone groups is 1. The molecule has 0 saturated carbocycles. The second-order valence-electron chi connectivity index (χ2n) is 5.19. The first kappa shape index (κ1) is 17.2. The summed E-state index contributed by atoms with van der Waals surface area (Å²) in [5, 5.41) is 6.80. The number of benzene rings is 1. The smallest absolute Gasteiger partial charge is 0.238 e. The van der Waals surface area contributed by atoms with E-state index in [1.807, 2.05) is 0 Å². The summed E-state index contributed by atoms with van der Waals surface area (Å²) >= 11 is 0. The van der Waals surface area contributed by atoms with E-state index in [2.05, 4.69) is 15.4 Å². The Balaban J connectivity index is 2.21. The quantitative estimate of drug-likeness (QED) is 0.554. The molecule has 0 spiro atoms. The van der Waals surface area contributed by atoms with Crippen LogP contribution in [0.4, 0.5) is 8.78 Å². The minimum absolute atomic E-state index is 0.0921. The van der Waals surface area contributed by atoms with Crippen LogP contribution in [-0.4, -0.2) is 30.2 Å². The Morgan fingerprint density at radius 3 is 2.52 bits per heavy atom. The Bertz CT molecular complexity index is 1000. The molecule has 0 saturated heterocycles. The van der Waals surface area contributed by atoms with Gasteiger partial charge in [0.2, 0.25) is 15.8 Å². The molecule has 0 aliphatic carbocycles. The topological polar surface area (TPSA) is 76.9 Å². The molecular formula is C16H14F2N4O2S. The lowest BCUT2D eigenvalue weighted by Crippen LogP contribution is -2.12. The zero-order chi connectivity index (χ0) is 18.0. The van der Waals surface area contributed by atoms with Gasteiger partial charge in [0.05, 0.1) is 10.6 Å². The van der Waals surface area contributed by atoms with Gasteiger partial charge in [-0.05, 0) is 43.4 Å². The van der Waals surface area contributed by atoms with Crippen molar-refractivity contribution in [2.75, 3.05) is 7.05 Å². The number of rotatable bonds is 5. The maximum atomic E-state index is 14.1. The molecule has 0 aliphatic rings. The fourth-order valence-electron chi connectivity index (χ4n) is 2.31. The summed E-state index contributed by atoms with van der Waals surface area (Å²) in [6, 6.07) is 8.61. The Morgan fingerprint density at radius 2 is 1.88 bits per heavy atom. The van der Waals surface area contributed by atoms with E-state index in [4.69, 9.17) is 0 Å². The highest BCUT2D eigenvalue weighted by atomic mass is 32.2. The average molecular weight is 364 g/mol. The van der Waals surface area contributed by atoms with Gasteiger partial charge in [0.1, 0.15) is 11.5 Å². The molecule has 0 bridgehead atoms. The number of pyridine rings is 1. The van der Waals surface area contributed by atoms with Gasteiger partial charge in [0, 0.05) is 18.8 Å². The number of hydrogen-bond acceptors (Lipinski definition) is 5. The molecule has 0 amide bonds. The second kappa shape index (κ2) is 6.69. The maximum absolute atomic E-state index is 14.1. The minimum Gasteiger partial charge on any atom is -0.314 e. The van der Waals surface area contributed by atoms with Gasteiger partial charge in [0.15, 0.2) is 5.03 Å². The first-order valence-electron chi connectivity index (χ1n) is 7.28. The normalized spacial score (nSPS) is 11.6. The molecule has 0 unspecified atom stereocenters. The van der Waals surface area contributed by atoms with Gasteiger partial charge in [0.25, 0.3) is 0 Å². The van der Waals surface area contributed by atoms with Crippen LogP contribution < -0.4 is 5.32 Å². The van der Waals surface area contributed by atoms with E-state index in [0.29, 0.717) is 12.2 Å². The van der Waals surface area contributed by atoms with Gasteiger partial charge in [-0.1, -0.05) is 0 Å². The lowest BCUT2D eigenvalue weighted by Gasteiger charge is -2.08. The van der Waals surface area contributed by atoms with Crippen LogP contribution in [0, 0.1) is 11.8 Å². The standard InChI is InChI=1S/C16H14F2N4O2S/c1-19-10-12-9-15(22(21-12)14-3-2-8-20-16(14)18)25(23,24)13-6-4-11(17)5-7-13/h2-9,19H,10H2,1H3. The zero-order valence-corrected chi connectivity index (χ0v) is 14.0. The van der Waals surface area contributed by atoms with E-state index in [-0.39, 0.29) is 15.6 Å². The van der Waals surface area contributed by atoms with Crippen LogP contribution in [0.25, 0.3) is 5.69 Å². The third-order valence-electron chi connectivity index (χ3n) is 3.45. The monoisotopic (exact) mass is 364 g/mol. The highest BCUT2D eigenvalue weighted by molar-refractivity contribution is 7.91. The van der Waals surface area contributed by atoms with Crippen LogP contribution in [0.5, 0.6) is 0 Å². The first-order chi connectivity index (χ1) is 11.9. The summed E-state index contributed by atoms with van der Waals surface area (Å²) in [6.45, 7) is 0.292. The third kappa shape index (κ3) is 3.28. The van der Waals surface area contributed by atoms with E-state index >= 15 is 0 Å². The predicted octanol–water partition coefficient (Wildman–Crippen LogP) is 2.10. The van der Waals surface area contributed by atoms with Crippen molar-refractivity contribution in [3.05, 3.63) is 66.1 Å². The highest BCUT2D eigenvalue weighted by Gasteiger charge is 2.26. The average Bonchev–Trinajstić information content (AvgIpc) is 3.00. The van der Waals surface area contributed by atoms with Crippen molar-refractivity contribution in [1.82, 2.24) is 20.1 Å². The molecule has 2 aromatic heterocycles.